The molecule has 0 aliphatic rings. The molecule has 3 aromatic heterocycles. The third-order valence-electron chi connectivity index (χ3n) is 6.27. The Balaban J connectivity index is 1.34. The fraction of sp³-hybridized carbons (Fsp3) is 0.269. The van der Waals surface area contributed by atoms with E-state index < -0.39 is 0 Å². The minimum Gasteiger partial charge on any atom is -0.459 e. The van der Waals surface area contributed by atoms with E-state index in [0.29, 0.717) is 12.8 Å². The maximum Gasteiger partial charge on any atom is 0.220 e. The quantitative estimate of drug-likeness (QED) is 0.410. The third kappa shape index (κ3) is 3.32. The number of carbonyl (C=O) groups excluding carboxylic acids is 1. The van der Waals surface area contributed by atoms with Crippen LogP contribution in [0.1, 0.15) is 47.7 Å². The van der Waals surface area contributed by atoms with Gasteiger partial charge in [-0.1, -0.05) is 30.3 Å². The zero-order valence-electron chi connectivity index (χ0n) is 18.8. The number of hydrogen-bond acceptors (Lipinski definition) is 4. The zero-order chi connectivity index (χ0) is 22.4. The van der Waals surface area contributed by atoms with Crippen molar-refractivity contribution in [1.29, 1.82) is 0 Å². The molecule has 3 heterocycles. The molecule has 5 rings (SSSR count). The lowest BCUT2D eigenvalue weighted by Crippen LogP contribution is -2.27. The summed E-state index contributed by atoms with van der Waals surface area (Å²) in [5.74, 6) is 0.792. The summed E-state index contributed by atoms with van der Waals surface area (Å²) in [4.78, 5) is 17.6. The second kappa shape index (κ2) is 7.79. The van der Waals surface area contributed by atoms with Gasteiger partial charge in [-0.2, -0.15) is 5.10 Å². The molecule has 0 spiro atoms. The van der Waals surface area contributed by atoms with Gasteiger partial charge in [0.05, 0.1) is 11.6 Å². The van der Waals surface area contributed by atoms with Crippen molar-refractivity contribution >= 4 is 33.4 Å². The first-order chi connectivity index (χ1) is 15.4. The summed E-state index contributed by atoms with van der Waals surface area (Å²) in [6.45, 7) is 8.04. The first-order valence-electron chi connectivity index (χ1n) is 10.9. The van der Waals surface area contributed by atoms with Crippen molar-refractivity contribution in [3.05, 3.63) is 76.8 Å². The molecule has 0 saturated carbocycles. The van der Waals surface area contributed by atoms with Gasteiger partial charge in [0.25, 0.3) is 0 Å². The second-order valence-electron chi connectivity index (χ2n) is 8.39. The number of benzene rings is 2. The summed E-state index contributed by atoms with van der Waals surface area (Å²) in [6.07, 6.45) is 0.980. The Morgan fingerprint density at radius 3 is 2.56 bits per heavy atom. The van der Waals surface area contributed by atoms with E-state index in [2.05, 4.69) is 5.32 Å². The first-order valence-corrected chi connectivity index (χ1v) is 10.9. The summed E-state index contributed by atoms with van der Waals surface area (Å²) in [5, 5.41) is 9.92. The van der Waals surface area contributed by atoms with Crippen molar-refractivity contribution in [3.63, 3.8) is 0 Å². The Hall–Kier alpha value is -3.67. The fourth-order valence-electron chi connectivity index (χ4n) is 4.56. The third-order valence-corrected chi connectivity index (χ3v) is 6.27. The second-order valence-corrected chi connectivity index (χ2v) is 8.39. The number of aryl methyl sites for hydroxylation is 3. The molecular formula is C26H26N4O2. The maximum absolute atomic E-state index is 12.8. The first kappa shape index (κ1) is 20.2. The highest BCUT2D eigenvalue weighted by Crippen LogP contribution is 2.29. The van der Waals surface area contributed by atoms with E-state index in [-0.39, 0.29) is 11.9 Å². The van der Waals surface area contributed by atoms with Gasteiger partial charge in [-0.3, -0.25) is 4.79 Å². The van der Waals surface area contributed by atoms with Crippen LogP contribution < -0.4 is 5.32 Å². The van der Waals surface area contributed by atoms with E-state index in [1.807, 2.05) is 80.7 Å². The minimum absolute atomic E-state index is 0.0121. The molecule has 0 saturated heterocycles. The van der Waals surface area contributed by atoms with Gasteiger partial charge < -0.3 is 9.73 Å². The highest BCUT2D eigenvalue weighted by atomic mass is 16.3. The van der Waals surface area contributed by atoms with Crippen LogP contribution in [0.25, 0.3) is 27.5 Å². The number of aromatic nitrogens is 3. The van der Waals surface area contributed by atoms with Crippen molar-refractivity contribution < 1.29 is 9.21 Å². The van der Waals surface area contributed by atoms with E-state index in [0.717, 1.165) is 55.8 Å². The molecule has 0 radical (unpaired) electrons. The predicted octanol–water partition coefficient (Wildman–Crippen LogP) is 5.36. The number of amides is 1. The van der Waals surface area contributed by atoms with Gasteiger partial charge in [0.2, 0.25) is 5.91 Å². The minimum atomic E-state index is -0.200. The number of fused-ring (bicyclic) bond motifs is 4. The van der Waals surface area contributed by atoms with Crippen molar-refractivity contribution in [1.82, 2.24) is 19.9 Å². The molecule has 1 unspecified atom stereocenters. The van der Waals surface area contributed by atoms with Crippen molar-refractivity contribution in [2.45, 2.75) is 46.6 Å². The van der Waals surface area contributed by atoms with Crippen LogP contribution in [0.5, 0.6) is 0 Å². The largest absolute Gasteiger partial charge is 0.459 e. The molecule has 1 amide bonds. The smallest absolute Gasteiger partial charge is 0.220 e. The van der Waals surface area contributed by atoms with Crippen LogP contribution in [-0.4, -0.2) is 20.5 Å². The molecule has 0 fully saturated rings. The average Bonchev–Trinajstić information content (AvgIpc) is 3.32. The Labute approximate surface area is 186 Å². The number of nitrogens with zero attached hydrogens (tertiary/aromatic N) is 3. The fourth-order valence-corrected chi connectivity index (χ4v) is 4.56. The molecule has 1 N–H and O–H groups in total. The van der Waals surface area contributed by atoms with E-state index in [9.17, 15) is 4.79 Å². The van der Waals surface area contributed by atoms with E-state index in [1.54, 1.807) is 0 Å². The monoisotopic (exact) mass is 426 g/mol. The Kier molecular flexibility index (Phi) is 4.93. The molecule has 0 aliphatic carbocycles. The lowest BCUT2D eigenvalue weighted by atomic mass is 10.1. The number of nitrogens with one attached hydrogen (secondary N) is 1. The van der Waals surface area contributed by atoms with Crippen LogP contribution in [-0.2, 0) is 11.2 Å². The summed E-state index contributed by atoms with van der Waals surface area (Å²) >= 11 is 0. The molecular weight excluding hydrogens is 400 g/mol. The molecule has 6 nitrogen and oxygen atoms in total. The lowest BCUT2D eigenvalue weighted by Gasteiger charge is -2.14. The summed E-state index contributed by atoms with van der Waals surface area (Å²) in [6, 6.07) is 15.8. The highest BCUT2D eigenvalue weighted by Gasteiger charge is 2.19. The lowest BCUT2D eigenvalue weighted by molar-refractivity contribution is -0.121. The van der Waals surface area contributed by atoms with Gasteiger partial charge in [0.15, 0.2) is 5.65 Å². The van der Waals surface area contributed by atoms with Crippen LogP contribution in [0.2, 0.25) is 0 Å². The molecule has 162 valence electrons. The van der Waals surface area contributed by atoms with Gasteiger partial charge in [0.1, 0.15) is 11.3 Å². The standard InChI is InChI=1S/C26H26N4O2/c1-15-19-9-6-8-12-23(19)32-25(15)17(3)27-24(31)14-13-20-16(2)28-26-21-10-5-7-11-22(21)29-30(26)18(20)4/h5-12,17H,13-14H2,1-4H3,(H,27,31). The molecule has 5 aromatic rings. The molecule has 2 aromatic carbocycles. The number of furan rings is 1. The Morgan fingerprint density at radius 1 is 1.06 bits per heavy atom. The zero-order valence-corrected chi connectivity index (χ0v) is 18.8. The van der Waals surface area contributed by atoms with Gasteiger partial charge >= 0.3 is 0 Å². The predicted molar refractivity (Wildman–Crippen MR) is 126 cm³/mol. The number of para-hydroxylation sites is 1. The average molecular weight is 427 g/mol. The van der Waals surface area contributed by atoms with Crippen molar-refractivity contribution in [2.75, 3.05) is 0 Å². The van der Waals surface area contributed by atoms with Crippen LogP contribution in [0.3, 0.4) is 0 Å². The molecule has 1 atom stereocenters. The van der Waals surface area contributed by atoms with Crippen LogP contribution in [0.4, 0.5) is 0 Å². The van der Waals surface area contributed by atoms with Gasteiger partial charge in [-0.05, 0) is 57.9 Å². The van der Waals surface area contributed by atoms with E-state index >= 15 is 0 Å². The van der Waals surface area contributed by atoms with E-state index in [1.165, 1.54) is 0 Å². The van der Waals surface area contributed by atoms with Gasteiger partial charge in [0, 0.05) is 34.1 Å². The molecule has 6 heteroatoms. The molecule has 32 heavy (non-hydrogen) atoms. The number of hydrogen-bond donors (Lipinski definition) is 1. The van der Waals surface area contributed by atoms with Crippen molar-refractivity contribution in [2.24, 2.45) is 0 Å². The van der Waals surface area contributed by atoms with Crippen LogP contribution >= 0.6 is 0 Å². The van der Waals surface area contributed by atoms with Crippen LogP contribution in [0.15, 0.2) is 52.9 Å². The molecule has 0 aliphatic heterocycles. The molecule has 0 bridgehead atoms. The summed E-state index contributed by atoms with van der Waals surface area (Å²) in [7, 11) is 0. The summed E-state index contributed by atoms with van der Waals surface area (Å²) < 4.78 is 7.90. The Bertz CT molecular complexity index is 1480. The normalized spacial score (nSPS) is 12.6. The van der Waals surface area contributed by atoms with Gasteiger partial charge in [-0.15, -0.1) is 0 Å². The maximum atomic E-state index is 12.8. The van der Waals surface area contributed by atoms with E-state index in [4.69, 9.17) is 14.5 Å². The topological polar surface area (TPSA) is 72.4 Å². The van der Waals surface area contributed by atoms with Crippen LogP contribution in [0, 0.1) is 20.8 Å². The SMILES string of the molecule is Cc1nc2c3ccccc3nn2c(C)c1CCC(=O)NC(C)c1oc2ccccc2c1C. The Morgan fingerprint density at radius 2 is 1.78 bits per heavy atom. The summed E-state index contributed by atoms with van der Waals surface area (Å²) in [5.41, 5.74) is 6.73. The van der Waals surface area contributed by atoms with Gasteiger partial charge in [-0.25, -0.2) is 9.50 Å². The highest BCUT2D eigenvalue weighted by molar-refractivity contribution is 5.92. The number of carbonyl (C=O) groups is 1. The number of rotatable bonds is 5. The van der Waals surface area contributed by atoms with Crippen molar-refractivity contribution in [3.8, 4) is 0 Å².